The van der Waals surface area contributed by atoms with Gasteiger partial charge in [-0.3, -0.25) is 4.98 Å². The normalized spacial score (nSPS) is 10.5. The van der Waals surface area contributed by atoms with Gasteiger partial charge in [0.05, 0.1) is 19.2 Å². The molecule has 0 aliphatic heterocycles. The van der Waals surface area contributed by atoms with E-state index in [1.165, 1.54) is 0 Å². The van der Waals surface area contributed by atoms with Crippen LogP contribution in [0.4, 0.5) is 0 Å². The Labute approximate surface area is 106 Å². The molecule has 0 atom stereocenters. The second-order valence-corrected chi connectivity index (χ2v) is 4.35. The first-order chi connectivity index (χ1) is 7.67. The smallest absolute Gasteiger partial charge is 0.148 e. The van der Waals surface area contributed by atoms with Crippen LogP contribution < -0.4 is 9.47 Å². The van der Waals surface area contributed by atoms with Gasteiger partial charge in [0.15, 0.2) is 0 Å². The van der Waals surface area contributed by atoms with Crippen molar-refractivity contribution in [2.24, 2.45) is 0 Å². The van der Waals surface area contributed by atoms with Gasteiger partial charge >= 0.3 is 0 Å². The Morgan fingerprint density at radius 3 is 2.62 bits per heavy atom. The van der Waals surface area contributed by atoms with Crippen LogP contribution in [-0.4, -0.2) is 19.2 Å². The lowest BCUT2D eigenvalue weighted by molar-refractivity contribution is 0.397. The Kier molecular flexibility index (Phi) is 3.21. The molecular weight excluding hydrogens is 293 g/mol. The summed E-state index contributed by atoms with van der Waals surface area (Å²) in [4.78, 5) is 4.25. The number of ether oxygens (including phenoxy) is 2. The van der Waals surface area contributed by atoms with Gasteiger partial charge in [0.2, 0.25) is 0 Å². The van der Waals surface area contributed by atoms with E-state index < -0.39 is 0 Å². The number of halogens is 2. The number of benzene rings is 1. The van der Waals surface area contributed by atoms with Crippen molar-refractivity contribution >= 4 is 38.4 Å². The summed E-state index contributed by atoms with van der Waals surface area (Å²) in [5, 5.41) is 1.42. The number of methoxy groups -OCH3 is 2. The van der Waals surface area contributed by atoms with E-state index in [2.05, 4.69) is 20.9 Å². The minimum atomic E-state index is 0.558. The van der Waals surface area contributed by atoms with Crippen molar-refractivity contribution in [2.45, 2.75) is 0 Å². The number of hydrogen-bond donors (Lipinski definition) is 0. The molecule has 0 bridgehead atoms. The van der Waals surface area contributed by atoms with Gasteiger partial charge in [0, 0.05) is 22.1 Å². The maximum absolute atomic E-state index is 5.99. The highest BCUT2D eigenvalue weighted by molar-refractivity contribution is 9.10. The maximum atomic E-state index is 5.99. The van der Waals surface area contributed by atoms with Crippen molar-refractivity contribution in [3.8, 4) is 11.5 Å². The third-order valence-electron chi connectivity index (χ3n) is 2.26. The molecule has 0 spiro atoms. The van der Waals surface area contributed by atoms with Gasteiger partial charge in [0.25, 0.3) is 0 Å². The first kappa shape index (κ1) is 11.5. The average molecular weight is 303 g/mol. The summed E-state index contributed by atoms with van der Waals surface area (Å²) in [5.74, 6) is 1.36. The monoisotopic (exact) mass is 301 g/mol. The molecule has 0 saturated heterocycles. The number of pyridine rings is 1. The molecule has 0 radical (unpaired) electrons. The summed E-state index contributed by atoms with van der Waals surface area (Å²) in [5.41, 5.74) is 0.750. The van der Waals surface area contributed by atoms with Crippen LogP contribution in [0.5, 0.6) is 11.5 Å². The molecule has 16 heavy (non-hydrogen) atoms. The molecule has 2 aromatic rings. The number of aromatic nitrogens is 1. The molecule has 0 fully saturated rings. The Bertz CT molecular complexity index is 545. The van der Waals surface area contributed by atoms with E-state index in [1.54, 1.807) is 26.5 Å². The van der Waals surface area contributed by atoms with Crippen LogP contribution in [0.15, 0.2) is 22.8 Å². The molecule has 0 N–H and O–H groups in total. The van der Waals surface area contributed by atoms with Crippen molar-refractivity contribution < 1.29 is 9.47 Å². The largest absolute Gasteiger partial charge is 0.497 e. The predicted octanol–water partition coefficient (Wildman–Crippen LogP) is 3.67. The van der Waals surface area contributed by atoms with E-state index in [1.807, 2.05) is 6.07 Å². The molecule has 0 amide bonds. The van der Waals surface area contributed by atoms with Crippen LogP contribution in [0.25, 0.3) is 10.9 Å². The first-order valence-electron chi connectivity index (χ1n) is 4.53. The van der Waals surface area contributed by atoms with Crippen molar-refractivity contribution in [1.29, 1.82) is 0 Å². The minimum Gasteiger partial charge on any atom is -0.497 e. The fraction of sp³-hybridized carbons (Fsp3) is 0.182. The van der Waals surface area contributed by atoms with Crippen LogP contribution in [0, 0.1) is 0 Å². The van der Waals surface area contributed by atoms with Gasteiger partial charge in [-0.25, -0.2) is 0 Å². The quantitative estimate of drug-likeness (QED) is 0.848. The summed E-state index contributed by atoms with van der Waals surface area (Å²) in [6.07, 6.45) is 1.59. The number of hydrogen-bond acceptors (Lipinski definition) is 3. The van der Waals surface area contributed by atoms with Gasteiger partial charge in [-0.1, -0.05) is 11.6 Å². The van der Waals surface area contributed by atoms with Gasteiger partial charge in [-0.05, 0) is 22.0 Å². The Morgan fingerprint density at radius 2 is 2.00 bits per heavy atom. The zero-order valence-corrected chi connectivity index (χ0v) is 11.1. The summed E-state index contributed by atoms with van der Waals surface area (Å²) in [6.45, 7) is 0. The zero-order valence-electron chi connectivity index (χ0n) is 8.75. The highest BCUT2D eigenvalue weighted by Crippen LogP contribution is 2.36. The Hall–Kier alpha value is -1.000. The minimum absolute atomic E-state index is 0.558. The van der Waals surface area contributed by atoms with Crippen LogP contribution in [0.2, 0.25) is 5.02 Å². The fourth-order valence-electron chi connectivity index (χ4n) is 1.46. The van der Waals surface area contributed by atoms with Crippen molar-refractivity contribution in [3.63, 3.8) is 0 Å². The lowest BCUT2D eigenvalue weighted by Crippen LogP contribution is -1.91. The zero-order chi connectivity index (χ0) is 11.7. The molecule has 84 valence electrons. The Balaban J connectivity index is 2.84. The van der Waals surface area contributed by atoms with Crippen LogP contribution in [0.1, 0.15) is 0 Å². The summed E-state index contributed by atoms with van der Waals surface area (Å²) < 4.78 is 11.2. The first-order valence-corrected chi connectivity index (χ1v) is 5.70. The van der Waals surface area contributed by atoms with Gasteiger partial charge in [-0.15, -0.1) is 0 Å². The van der Waals surface area contributed by atoms with E-state index in [9.17, 15) is 0 Å². The molecule has 1 aromatic carbocycles. The van der Waals surface area contributed by atoms with E-state index in [0.717, 1.165) is 15.4 Å². The van der Waals surface area contributed by atoms with E-state index in [-0.39, 0.29) is 0 Å². The van der Waals surface area contributed by atoms with Crippen molar-refractivity contribution in [2.75, 3.05) is 14.2 Å². The topological polar surface area (TPSA) is 31.4 Å². The van der Waals surface area contributed by atoms with Gasteiger partial charge in [-0.2, -0.15) is 0 Å². The van der Waals surface area contributed by atoms with E-state index in [4.69, 9.17) is 21.1 Å². The summed E-state index contributed by atoms with van der Waals surface area (Å²) >= 11 is 9.41. The molecular formula is C11H9BrClNO2. The molecule has 3 nitrogen and oxygen atoms in total. The second kappa shape index (κ2) is 4.47. The molecule has 0 unspecified atom stereocenters. The average Bonchev–Trinajstić information content (AvgIpc) is 2.32. The van der Waals surface area contributed by atoms with Crippen molar-refractivity contribution in [1.82, 2.24) is 4.98 Å². The molecule has 0 aliphatic rings. The molecule has 5 heteroatoms. The number of nitrogens with zero attached hydrogens (tertiary/aromatic N) is 1. The third-order valence-corrected chi connectivity index (χ3v) is 3.63. The van der Waals surface area contributed by atoms with Crippen LogP contribution in [-0.2, 0) is 0 Å². The van der Waals surface area contributed by atoms with Crippen LogP contribution in [0.3, 0.4) is 0 Å². The standard InChI is InChI=1S/C11H9BrClNO2/c1-15-6-3-7-10(12)8(13)5-14-11(7)9(4-6)16-2/h3-5H,1-2H3. The third kappa shape index (κ3) is 1.83. The van der Waals surface area contributed by atoms with Gasteiger partial charge in [0.1, 0.15) is 17.0 Å². The number of rotatable bonds is 2. The lowest BCUT2D eigenvalue weighted by Gasteiger charge is -2.09. The SMILES string of the molecule is COc1cc(OC)c2ncc(Cl)c(Br)c2c1. The molecule has 0 aliphatic carbocycles. The second-order valence-electron chi connectivity index (χ2n) is 3.15. The molecule has 2 rings (SSSR count). The Morgan fingerprint density at radius 1 is 1.25 bits per heavy atom. The molecule has 1 heterocycles. The van der Waals surface area contributed by atoms with Crippen LogP contribution >= 0.6 is 27.5 Å². The fourth-order valence-corrected chi connectivity index (χ4v) is 2.02. The highest BCUT2D eigenvalue weighted by Gasteiger charge is 2.11. The summed E-state index contributed by atoms with van der Waals surface area (Å²) in [7, 11) is 3.20. The van der Waals surface area contributed by atoms with Crippen molar-refractivity contribution in [3.05, 3.63) is 27.8 Å². The number of fused-ring (bicyclic) bond motifs is 1. The van der Waals surface area contributed by atoms with E-state index in [0.29, 0.717) is 16.5 Å². The molecule has 1 aromatic heterocycles. The van der Waals surface area contributed by atoms with E-state index >= 15 is 0 Å². The predicted molar refractivity (Wildman–Crippen MR) is 67.6 cm³/mol. The molecule has 0 saturated carbocycles. The highest BCUT2D eigenvalue weighted by atomic mass is 79.9. The lowest BCUT2D eigenvalue weighted by atomic mass is 10.2. The maximum Gasteiger partial charge on any atom is 0.148 e. The van der Waals surface area contributed by atoms with Gasteiger partial charge < -0.3 is 9.47 Å². The summed E-state index contributed by atoms with van der Waals surface area (Å²) in [6, 6.07) is 3.65.